The summed E-state index contributed by atoms with van der Waals surface area (Å²) in [5.41, 5.74) is 0.591. The Hall–Kier alpha value is -0.280. The van der Waals surface area contributed by atoms with Gasteiger partial charge in [0.15, 0.2) is 0 Å². The number of rotatable bonds is 5. The largest absolute Gasteiger partial charge is 0.466 e. The van der Waals surface area contributed by atoms with Crippen LogP contribution in [0.15, 0.2) is 21.2 Å². The smallest absolute Gasteiger partial charge is 0.134 e. The van der Waals surface area contributed by atoms with Gasteiger partial charge in [-0.25, -0.2) is 0 Å². The van der Waals surface area contributed by atoms with Crippen molar-refractivity contribution in [2.75, 3.05) is 6.54 Å². The zero-order valence-corrected chi connectivity index (χ0v) is 14.5. The first-order chi connectivity index (χ1) is 10.2. The molecule has 116 valence electrons. The Labute approximate surface area is 136 Å². The summed E-state index contributed by atoms with van der Waals surface area (Å²) in [6.07, 6.45) is 12.1. The molecule has 2 nitrogen and oxygen atoms in total. The van der Waals surface area contributed by atoms with Crippen LogP contribution in [0.3, 0.4) is 0 Å². The Morgan fingerprint density at radius 2 is 1.86 bits per heavy atom. The van der Waals surface area contributed by atoms with E-state index in [1.165, 1.54) is 44.9 Å². The Morgan fingerprint density at radius 3 is 2.33 bits per heavy atom. The van der Waals surface area contributed by atoms with Crippen molar-refractivity contribution >= 4 is 15.9 Å². The molecule has 4 saturated carbocycles. The molecule has 1 unspecified atom stereocenters. The Morgan fingerprint density at radius 1 is 1.24 bits per heavy atom. The molecule has 21 heavy (non-hydrogen) atoms. The van der Waals surface area contributed by atoms with E-state index in [1.54, 1.807) is 0 Å². The minimum Gasteiger partial charge on any atom is -0.466 e. The summed E-state index contributed by atoms with van der Waals surface area (Å²) in [5.74, 6) is 4.18. The zero-order valence-electron chi connectivity index (χ0n) is 12.9. The van der Waals surface area contributed by atoms with Gasteiger partial charge in [0.1, 0.15) is 5.76 Å². The van der Waals surface area contributed by atoms with Crippen LogP contribution in [0.4, 0.5) is 0 Å². The lowest BCUT2D eigenvalue weighted by Gasteiger charge is -2.57. The summed E-state index contributed by atoms with van der Waals surface area (Å²) < 4.78 is 6.91. The normalized spacial score (nSPS) is 38.9. The van der Waals surface area contributed by atoms with Crippen molar-refractivity contribution in [1.29, 1.82) is 0 Å². The summed E-state index contributed by atoms with van der Waals surface area (Å²) >= 11 is 3.65. The molecule has 1 aromatic rings. The molecule has 4 aliphatic carbocycles. The van der Waals surface area contributed by atoms with Crippen LogP contribution in [0.1, 0.15) is 63.7 Å². The lowest BCUT2D eigenvalue weighted by Crippen LogP contribution is -2.47. The monoisotopic (exact) mass is 351 g/mol. The average molecular weight is 352 g/mol. The summed E-state index contributed by atoms with van der Waals surface area (Å²) in [4.78, 5) is 0. The van der Waals surface area contributed by atoms with Gasteiger partial charge in [-0.05, 0) is 96.7 Å². The molecule has 0 amide bonds. The van der Waals surface area contributed by atoms with Crippen LogP contribution < -0.4 is 5.32 Å². The fraction of sp³-hybridized carbons (Fsp3) is 0.778. The average Bonchev–Trinajstić information content (AvgIpc) is 2.82. The van der Waals surface area contributed by atoms with Gasteiger partial charge in [0.05, 0.1) is 16.8 Å². The molecular weight excluding hydrogens is 326 g/mol. The second-order valence-corrected chi connectivity index (χ2v) is 8.72. The van der Waals surface area contributed by atoms with E-state index in [9.17, 15) is 0 Å². The third kappa shape index (κ3) is 2.61. The maximum atomic E-state index is 5.78. The van der Waals surface area contributed by atoms with Gasteiger partial charge in [-0.1, -0.05) is 6.92 Å². The fourth-order valence-corrected chi connectivity index (χ4v) is 6.51. The standard InChI is InChI=1S/C18H26BrNO/c1-2-20-16(17-15(19)3-4-21-17)11-18-8-12-5-13(9-18)7-14(6-12)10-18/h3-4,12-14,16,20H,2,5-11H2,1H3. The van der Waals surface area contributed by atoms with Gasteiger partial charge in [-0.15, -0.1) is 0 Å². The predicted octanol–water partition coefficient (Wildman–Crippen LogP) is 5.30. The predicted molar refractivity (Wildman–Crippen MR) is 88.0 cm³/mol. The SMILES string of the molecule is CCNC(CC12CC3CC(CC(C3)C1)C2)c1occc1Br. The highest BCUT2D eigenvalue weighted by molar-refractivity contribution is 9.10. The van der Waals surface area contributed by atoms with Crippen molar-refractivity contribution in [1.82, 2.24) is 5.32 Å². The van der Waals surface area contributed by atoms with Gasteiger partial charge < -0.3 is 9.73 Å². The molecule has 1 aromatic heterocycles. The minimum atomic E-state index is 0.371. The van der Waals surface area contributed by atoms with Crippen LogP contribution in [0.2, 0.25) is 0 Å². The van der Waals surface area contributed by atoms with Crippen LogP contribution in [0, 0.1) is 23.2 Å². The highest BCUT2D eigenvalue weighted by Crippen LogP contribution is 2.62. The third-order valence-electron chi connectivity index (χ3n) is 6.21. The summed E-state index contributed by atoms with van der Waals surface area (Å²) in [7, 11) is 0. The number of furan rings is 1. The van der Waals surface area contributed by atoms with Crippen LogP contribution in [0.25, 0.3) is 0 Å². The van der Waals surface area contributed by atoms with E-state index >= 15 is 0 Å². The molecule has 4 aliphatic rings. The van der Waals surface area contributed by atoms with Crippen LogP contribution in [0.5, 0.6) is 0 Å². The van der Waals surface area contributed by atoms with Gasteiger partial charge in [0, 0.05) is 0 Å². The Kier molecular flexibility index (Phi) is 3.69. The second-order valence-electron chi connectivity index (χ2n) is 7.86. The summed E-state index contributed by atoms with van der Waals surface area (Å²) in [6.45, 7) is 3.20. The van der Waals surface area contributed by atoms with Crippen LogP contribution >= 0.6 is 15.9 Å². The van der Waals surface area contributed by atoms with Crippen molar-refractivity contribution in [2.45, 2.75) is 57.9 Å². The highest BCUT2D eigenvalue weighted by Gasteiger charge is 2.51. The van der Waals surface area contributed by atoms with Gasteiger partial charge in [-0.3, -0.25) is 0 Å². The summed E-state index contributed by atoms with van der Waals surface area (Å²) in [5, 5.41) is 3.68. The molecule has 1 atom stereocenters. The first kappa shape index (κ1) is 14.3. The van der Waals surface area contributed by atoms with Crippen LogP contribution in [-0.4, -0.2) is 6.54 Å². The number of hydrogen-bond acceptors (Lipinski definition) is 2. The number of halogens is 1. The Bertz CT molecular complexity index is 474. The molecule has 1 N–H and O–H groups in total. The number of nitrogens with one attached hydrogen (secondary N) is 1. The molecule has 1 heterocycles. The third-order valence-corrected chi connectivity index (χ3v) is 6.87. The zero-order chi connectivity index (χ0) is 14.4. The van der Waals surface area contributed by atoms with Crippen molar-refractivity contribution in [2.24, 2.45) is 23.2 Å². The molecule has 0 aromatic carbocycles. The van der Waals surface area contributed by atoms with Gasteiger partial charge in [-0.2, -0.15) is 0 Å². The first-order valence-corrected chi connectivity index (χ1v) is 9.43. The van der Waals surface area contributed by atoms with Crippen molar-refractivity contribution in [3.05, 3.63) is 22.6 Å². The molecule has 0 spiro atoms. The highest BCUT2D eigenvalue weighted by atomic mass is 79.9. The lowest BCUT2D eigenvalue weighted by atomic mass is 9.48. The van der Waals surface area contributed by atoms with Gasteiger partial charge in [0.25, 0.3) is 0 Å². The lowest BCUT2D eigenvalue weighted by molar-refractivity contribution is -0.0631. The van der Waals surface area contributed by atoms with E-state index in [2.05, 4.69) is 28.2 Å². The maximum absolute atomic E-state index is 5.78. The van der Waals surface area contributed by atoms with Gasteiger partial charge in [0.2, 0.25) is 0 Å². The van der Waals surface area contributed by atoms with E-state index < -0.39 is 0 Å². The molecule has 0 radical (unpaired) electrons. The Balaban J connectivity index is 1.57. The molecule has 0 aliphatic heterocycles. The summed E-state index contributed by atoms with van der Waals surface area (Å²) in [6, 6.07) is 2.40. The first-order valence-electron chi connectivity index (χ1n) is 8.64. The van der Waals surface area contributed by atoms with E-state index in [1.807, 2.05) is 12.3 Å². The second kappa shape index (κ2) is 5.42. The van der Waals surface area contributed by atoms with Gasteiger partial charge >= 0.3 is 0 Å². The fourth-order valence-electron chi connectivity index (χ4n) is 6.03. The molecule has 5 rings (SSSR count). The van der Waals surface area contributed by atoms with E-state index in [0.29, 0.717) is 11.5 Å². The molecule has 3 heteroatoms. The van der Waals surface area contributed by atoms with Crippen molar-refractivity contribution in [3.8, 4) is 0 Å². The molecule has 0 saturated heterocycles. The molecule has 4 fully saturated rings. The molecule has 4 bridgehead atoms. The van der Waals surface area contributed by atoms with E-state index in [-0.39, 0.29) is 0 Å². The van der Waals surface area contributed by atoms with E-state index in [0.717, 1.165) is 34.5 Å². The quantitative estimate of drug-likeness (QED) is 0.778. The van der Waals surface area contributed by atoms with E-state index in [4.69, 9.17) is 4.42 Å². The van der Waals surface area contributed by atoms with Crippen molar-refractivity contribution in [3.63, 3.8) is 0 Å². The topological polar surface area (TPSA) is 25.2 Å². The number of hydrogen-bond donors (Lipinski definition) is 1. The maximum Gasteiger partial charge on any atom is 0.134 e. The van der Waals surface area contributed by atoms with Crippen LogP contribution in [-0.2, 0) is 0 Å². The minimum absolute atomic E-state index is 0.371. The van der Waals surface area contributed by atoms with Crippen molar-refractivity contribution < 1.29 is 4.42 Å². The molecular formula is C18H26BrNO.